The average molecular weight is 448 g/mol. The fourth-order valence-corrected chi connectivity index (χ4v) is 4.26. The number of carbonyl (C=O) groups excluding carboxylic acids is 1. The van der Waals surface area contributed by atoms with Gasteiger partial charge in [0.2, 0.25) is 11.9 Å². The van der Waals surface area contributed by atoms with E-state index in [-0.39, 0.29) is 11.4 Å². The molecule has 33 heavy (non-hydrogen) atoms. The van der Waals surface area contributed by atoms with Crippen LogP contribution in [0.5, 0.6) is 0 Å². The van der Waals surface area contributed by atoms with E-state index < -0.39 is 11.7 Å². The van der Waals surface area contributed by atoms with Gasteiger partial charge in [0.1, 0.15) is 11.6 Å². The Hall–Kier alpha value is -4.01. The highest BCUT2D eigenvalue weighted by molar-refractivity contribution is 6.06. The number of anilines is 2. The smallest absolute Gasteiger partial charge is 0.249 e. The number of hydrogen-bond acceptors (Lipinski definition) is 5. The number of nitrogens with zero attached hydrogens (tertiary/aromatic N) is 3. The first-order valence-corrected chi connectivity index (χ1v) is 10.7. The van der Waals surface area contributed by atoms with Crippen LogP contribution >= 0.6 is 0 Å². The van der Waals surface area contributed by atoms with Crippen LogP contribution in [0.4, 0.5) is 20.3 Å². The molecule has 1 aliphatic heterocycles. The molecule has 0 saturated heterocycles. The number of nitrogens with one attached hydrogen (secondary N) is 2. The maximum Gasteiger partial charge on any atom is 0.249 e. The minimum Gasteiger partial charge on any atom is -0.381 e. The summed E-state index contributed by atoms with van der Waals surface area (Å²) in [5.74, 6) is -0.650. The van der Waals surface area contributed by atoms with Gasteiger partial charge < -0.3 is 16.4 Å². The van der Waals surface area contributed by atoms with E-state index in [0.29, 0.717) is 29.2 Å². The number of halogens is 2. The summed E-state index contributed by atoms with van der Waals surface area (Å²) >= 11 is 0. The Kier molecular flexibility index (Phi) is 5.16. The van der Waals surface area contributed by atoms with Crippen LogP contribution in [0.3, 0.4) is 0 Å². The minimum atomic E-state index is -0.704. The van der Waals surface area contributed by atoms with E-state index in [9.17, 15) is 13.6 Å². The molecule has 0 fully saturated rings. The number of aryl methyl sites for hydroxylation is 2. The van der Waals surface area contributed by atoms with Gasteiger partial charge in [-0.1, -0.05) is 12.1 Å². The molecule has 1 amide bonds. The van der Waals surface area contributed by atoms with Gasteiger partial charge >= 0.3 is 0 Å². The second-order valence-corrected chi connectivity index (χ2v) is 8.08. The molecular weight excluding hydrogens is 426 g/mol. The number of hydrogen-bond donors (Lipinski definition) is 3. The Balaban J connectivity index is 1.63. The number of rotatable bonds is 5. The highest BCUT2D eigenvalue weighted by Crippen LogP contribution is 2.32. The summed E-state index contributed by atoms with van der Waals surface area (Å²) in [6.07, 6.45) is 1.67. The van der Waals surface area contributed by atoms with Crippen molar-refractivity contribution in [1.82, 2.24) is 14.5 Å². The van der Waals surface area contributed by atoms with Crippen molar-refractivity contribution in [3.63, 3.8) is 0 Å². The highest BCUT2D eigenvalue weighted by Gasteiger charge is 2.22. The van der Waals surface area contributed by atoms with Crippen molar-refractivity contribution in [2.24, 2.45) is 5.73 Å². The van der Waals surface area contributed by atoms with Crippen molar-refractivity contribution in [2.75, 3.05) is 17.2 Å². The van der Waals surface area contributed by atoms with Crippen molar-refractivity contribution in [1.29, 1.82) is 0 Å². The molecule has 2 aromatic heterocycles. The molecular formula is C24H22F2N6O. The van der Waals surface area contributed by atoms with Crippen LogP contribution in [0.25, 0.3) is 16.9 Å². The lowest BCUT2D eigenvalue weighted by atomic mass is 10.1. The Morgan fingerprint density at radius 1 is 1.18 bits per heavy atom. The summed E-state index contributed by atoms with van der Waals surface area (Å²) in [6.45, 7) is 3.00. The largest absolute Gasteiger partial charge is 0.381 e. The Morgan fingerprint density at radius 3 is 2.82 bits per heavy atom. The van der Waals surface area contributed by atoms with E-state index in [1.807, 2.05) is 13.0 Å². The molecule has 0 radical (unpaired) electrons. The van der Waals surface area contributed by atoms with E-state index in [4.69, 9.17) is 15.7 Å². The number of benzene rings is 2. The molecule has 168 valence electrons. The monoisotopic (exact) mass is 448 g/mol. The van der Waals surface area contributed by atoms with E-state index in [0.717, 1.165) is 48.1 Å². The van der Waals surface area contributed by atoms with Crippen LogP contribution in [0.2, 0.25) is 0 Å². The lowest BCUT2D eigenvalue weighted by Crippen LogP contribution is -2.19. The second kappa shape index (κ2) is 8.16. The average Bonchev–Trinajstić information content (AvgIpc) is 3.12. The van der Waals surface area contributed by atoms with Gasteiger partial charge in [-0.25, -0.2) is 13.8 Å². The van der Waals surface area contributed by atoms with Gasteiger partial charge in [-0.05, 0) is 55.7 Å². The third-order valence-electron chi connectivity index (χ3n) is 5.75. The summed E-state index contributed by atoms with van der Waals surface area (Å²) in [4.78, 5) is 21.4. The Morgan fingerprint density at radius 2 is 2.03 bits per heavy atom. The maximum atomic E-state index is 14.3. The van der Waals surface area contributed by atoms with Gasteiger partial charge in [0.15, 0.2) is 5.82 Å². The molecule has 2 aromatic carbocycles. The first-order chi connectivity index (χ1) is 15.9. The van der Waals surface area contributed by atoms with Gasteiger partial charge in [-0.3, -0.25) is 9.36 Å². The van der Waals surface area contributed by atoms with E-state index in [2.05, 4.69) is 10.6 Å². The number of aromatic nitrogens is 3. The van der Waals surface area contributed by atoms with Gasteiger partial charge in [0.05, 0.1) is 22.5 Å². The molecule has 4 aromatic rings. The van der Waals surface area contributed by atoms with Crippen LogP contribution in [-0.2, 0) is 13.0 Å². The summed E-state index contributed by atoms with van der Waals surface area (Å²) in [5.41, 5.74) is 9.19. The first-order valence-electron chi connectivity index (χ1n) is 10.7. The molecule has 1 aliphatic rings. The zero-order chi connectivity index (χ0) is 23.1. The predicted molar refractivity (Wildman–Crippen MR) is 123 cm³/mol. The topological polar surface area (TPSA) is 97.9 Å². The van der Waals surface area contributed by atoms with E-state index in [1.165, 1.54) is 18.2 Å². The van der Waals surface area contributed by atoms with Crippen LogP contribution in [0.15, 0.2) is 42.5 Å². The molecule has 9 heteroatoms. The summed E-state index contributed by atoms with van der Waals surface area (Å²) in [6, 6.07) is 10.6. The predicted octanol–water partition coefficient (Wildman–Crippen LogP) is 4.08. The minimum absolute atomic E-state index is 0.107. The molecule has 4 N–H and O–H groups in total. The third kappa shape index (κ3) is 3.86. The van der Waals surface area contributed by atoms with Gasteiger partial charge in [-0.15, -0.1) is 0 Å². The Labute approximate surface area is 188 Å². The molecule has 3 heterocycles. The van der Waals surface area contributed by atoms with Crippen LogP contribution in [-0.4, -0.2) is 27.0 Å². The van der Waals surface area contributed by atoms with Gasteiger partial charge in [-0.2, -0.15) is 4.98 Å². The standard InChI is InChI=1S/C24H22F2N6O/c1-13-8-17-18(22(27)33)10-16(26)11-20(17)32(13)24-30-19-6-3-7-28-21(19)23(31-24)29-12-14-4-2-5-15(25)9-14/h2,4-5,8-11,28H,3,6-7,12H2,1H3,(H2,27,33)(H,29,30,31). The summed E-state index contributed by atoms with van der Waals surface area (Å²) in [7, 11) is 0. The lowest BCUT2D eigenvalue weighted by molar-refractivity contribution is 0.100. The number of fused-ring (bicyclic) bond motifs is 2. The summed E-state index contributed by atoms with van der Waals surface area (Å²) in [5, 5.41) is 7.17. The van der Waals surface area contributed by atoms with Crippen molar-refractivity contribution in [3.8, 4) is 5.95 Å². The fraction of sp³-hybridized carbons (Fsp3) is 0.208. The molecule has 0 atom stereocenters. The number of nitrogens with two attached hydrogens (primary N) is 1. The SMILES string of the molecule is Cc1cc2c(C(N)=O)cc(F)cc2n1-c1nc2c(c(NCc3cccc(F)c3)n1)NCCC2. The van der Waals surface area contributed by atoms with Crippen LogP contribution in [0.1, 0.15) is 33.7 Å². The fourth-order valence-electron chi connectivity index (χ4n) is 4.26. The molecule has 0 aliphatic carbocycles. The van der Waals surface area contributed by atoms with Crippen molar-refractivity contribution in [2.45, 2.75) is 26.3 Å². The van der Waals surface area contributed by atoms with E-state index in [1.54, 1.807) is 16.7 Å². The van der Waals surface area contributed by atoms with Gasteiger partial charge in [0, 0.05) is 24.2 Å². The zero-order valence-electron chi connectivity index (χ0n) is 18.0. The Bertz CT molecular complexity index is 1400. The first kappa shape index (κ1) is 20.9. The molecule has 0 bridgehead atoms. The molecule has 0 unspecified atom stereocenters. The van der Waals surface area contributed by atoms with Crippen molar-refractivity contribution >= 4 is 28.3 Å². The number of primary amides is 1. The lowest BCUT2D eigenvalue weighted by Gasteiger charge is -2.22. The second-order valence-electron chi connectivity index (χ2n) is 8.08. The molecule has 0 saturated carbocycles. The third-order valence-corrected chi connectivity index (χ3v) is 5.75. The molecule has 0 spiro atoms. The maximum absolute atomic E-state index is 14.3. The summed E-state index contributed by atoms with van der Waals surface area (Å²) < 4.78 is 29.7. The molecule has 7 nitrogen and oxygen atoms in total. The van der Waals surface area contributed by atoms with Crippen LogP contribution in [0, 0.1) is 18.6 Å². The van der Waals surface area contributed by atoms with Crippen molar-refractivity contribution in [3.05, 3.63) is 76.6 Å². The van der Waals surface area contributed by atoms with Gasteiger partial charge in [0.25, 0.3) is 0 Å². The normalized spacial score (nSPS) is 12.9. The van der Waals surface area contributed by atoms with Crippen molar-refractivity contribution < 1.29 is 13.6 Å². The zero-order valence-corrected chi connectivity index (χ0v) is 18.0. The quantitative estimate of drug-likeness (QED) is 0.428. The number of amides is 1. The van der Waals surface area contributed by atoms with Crippen LogP contribution < -0.4 is 16.4 Å². The number of carbonyl (C=O) groups is 1. The highest BCUT2D eigenvalue weighted by atomic mass is 19.1. The van der Waals surface area contributed by atoms with E-state index >= 15 is 0 Å². The molecule has 5 rings (SSSR count).